The highest BCUT2D eigenvalue weighted by atomic mass is 16.6. The van der Waals surface area contributed by atoms with Gasteiger partial charge in [0.25, 0.3) is 11.5 Å². The van der Waals surface area contributed by atoms with Crippen molar-refractivity contribution in [3.63, 3.8) is 0 Å². The fourth-order valence-corrected chi connectivity index (χ4v) is 4.80. The van der Waals surface area contributed by atoms with E-state index in [2.05, 4.69) is 10.4 Å². The molecule has 3 aromatic carbocycles. The molecule has 0 bridgehead atoms. The summed E-state index contributed by atoms with van der Waals surface area (Å²) in [6, 6.07) is 20.3. The first-order valence-corrected chi connectivity index (χ1v) is 12.8. The summed E-state index contributed by atoms with van der Waals surface area (Å²) in [5.74, 6) is 0.0627. The standard InChI is InChI=1S/C29H27N5O5/c35-26(31-22-13-5-2-6-14-22)19-39-27-21(12-9-17-25(27)34(37)38)18-30-33-28(20-10-3-1-4-11-20)32-24-16-8-7-15-23(24)29(33)36/h2,5-9,12-18,20H,1,3-4,10-11,19H2,(H,31,35). The average molecular weight is 526 g/mol. The molecule has 0 radical (unpaired) electrons. The molecule has 1 N–H and O–H groups in total. The van der Waals surface area contributed by atoms with Gasteiger partial charge in [-0.05, 0) is 43.2 Å². The van der Waals surface area contributed by atoms with Gasteiger partial charge in [-0.25, -0.2) is 4.98 Å². The number of rotatable bonds is 8. The van der Waals surface area contributed by atoms with Gasteiger partial charge in [0, 0.05) is 23.2 Å². The van der Waals surface area contributed by atoms with Gasteiger partial charge >= 0.3 is 5.69 Å². The third kappa shape index (κ3) is 5.85. The van der Waals surface area contributed by atoms with Crippen LogP contribution >= 0.6 is 0 Å². The molecule has 1 aliphatic rings. The Balaban J connectivity index is 1.49. The first-order valence-electron chi connectivity index (χ1n) is 12.8. The van der Waals surface area contributed by atoms with Gasteiger partial charge in [0.15, 0.2) is 6.61 Å². The summed E-state index contributed by atoms with van der Waals surface area (Å²) in [7, 11) is 0. The van der Waals surface area contributed by atoms with Crippen molar-refractivity contribution in [1.29, 1.82) is 0 Å². The van der Waals surface area contributed by atoms with E-state index in [0.29, 0.717) is 22.4 Å². The van der Waals surface area contributed by atoms with Gasteiger partial charge in [-0.3, -0.25) is 19.7 Å². The normalized spacial score (nSPS) is 13.9. The average Bonchev–Trinajstić information content (AvgIpc) is 2.96. The Morgan fingerprint density at radius 3 is 2.56 bits per heavy atom. The van der Waals surface area contributed by atoms with Crippen LogP contribution in [0.5, 0.6) is 5.75 Å². The summed E-state index contributed by atoms with van der Waals surface area (Å²) in [4.78, 5) is 41.9. The van der Waals surface area contributed by atoms with Crippen LogP contribution < -0.4 is 15.6 Å². The zero-order valence-corrected chi connectivity index (χ0v) is 21.2. The van der Waals surface area contributed by atoms with Crippen molar-refractivity contribution in [1.82, 2.24) is 9.66 Å². The molecule has 0 saturated heterocycles. The number of ether oxygens (including phenoxy) is 1. The Morgan fingerprint density at radius 2 is 1.79 bits per heavy atom. The van der Waals surface area contributed by atoms with E-state index in [9.17, 15) is 19.7 Å². The smallest absolute Gasteiger partial charge is 0.311 e. The maximum absolute atomic E-state index is 13.5. The van der Waals surface area contributed by atoms with Crippen LogP contribution in [-0.2, 0) is 4.79 Å². The number of benzene rings is 3. The molecule has 39 heavy (non-hydrogen) atoms. The molecule has 198 valence electrons. The number of hydrogen-bond donors (Lipinski definition) is 1. The maximum Gasteiger partial charge on any atom is 0.311 e. The molecule has 0 spiro atoms. The molecule has 1 saturated carbocycles. The molecule has 1 aromatic heterocycles. The number of hydrogen-bond acceptors (Lipinski definition) is 7. The fourth-order valence-electron chi connectivity index (χ4n) is 4.80. The second-order valence-electron chi connectivity index (χ2n) is 9.34. The molecule has 0 unspecified atom stereocenters. The zero-order valence-electron chi connectivity index (χ0n) is 21.2. The van der Waals surface area contributed by atoms with Crippen LogP contribution in [0, 0.1) is 10.1 Å². The summed E-state index contributed by atoms with van der Waals surface area (Å²) in [5, 5.41) is 19.3. The lowest BCUT2D eigenvalue weighted by molar-refractivity contribution is -0.385. The number of amides is 1. The first-order chi connectivity index (χ1) is 19.0. The Labute approximate surface area is 224 Å². The largest absolute Gasteiger partial charge is 0.476 e. The van der Waals surface area contributed by atoms with Crippen molar-refractivity contribution < 1.29 is 14.5 Å². The minimum Gasteiger partial charge on any atom is -0.476 e. The van der Waals surface area contributed by atoms with Gasteiger partial charge in [0.05, 0.1) is 22.0 Å². The molecule has 1 amide bonds. The van der Waals surface area contributed by atoms with Crippen molar-refractivity contribution in [2.75, 3.05) is 11.9 Å². The van der Waals surface area contributed by atoms with Crippen LogP contribution in [-0.4, -0.2) is 33.3 Å². The molecule has 0 aliphatic heterocycles. The Morgan fingerprint density at radius 1 is 1.05 bits per heavy atom. The molecule has 4 aromatic rings. The number of fused-ring (bicyclic) bond motifs is 1. The van der Waals surface area contributed by atoms with Crippen LogP contribution in [0.3, 0.4) is 0 Å². The van der Waals surface area contributed by atoms with Gasteiger partial charge < -0.3 is 10.1 Å². The maximum atomic E-state index is 13.5. The highest BCUT2D eigenvalue weighted by molar-refractivity contribution is 5.92. The second-order valence-corrected chi connectivity index (χ2v) is 9.34. The predicted octanol–water partition coefficient (Wildman–Crippen LogP) is 5.25. The molecule has 1 aliphatic carbocycles. The van der Waals surface area contributed by atoms with Crippen molar-refractivity contribution in [2.45, 2.75) is 38.0 Å². The van der Waals surface area contributed by atoms with Crippen LogP contribution in [0.25, 0.3) is 10.9 Å². The van der Waals surface area contributed by atoms with E-state index >= 15 is 0 Å². The molecule has 1 heterocycles. The third-order valence-corrected chi connectivity index (χ3v) is 6.69. The number of anilines is 1. The monoisotopic (exact) mass is 525 g/mol. The van der Waals surface area contributed by atoms with E-state index < -0.39 is 17.4 Å². The number of aromatic nitrogens is 2. The van der Waals surface area contributed by atoms with Crippen molar-refractivity contribution >= 4 is 34.4 Å². The van der Waals surface area contributed by atoms with Crippen LogP contribution in [0.4, 0.5) is 11.4 Å². The first kappa shape index (κ1) is 25.8. The van der Waals surface area contributed by atoms with Crippen LogP contribution in [0.2, 0.25) is 0 Å². The van der Waals surface area contributed by atoms with Crippen molar-refractivity contribution in [2.24, 2.45) is 5.10 Å². The van der Waals surface area contributed by atoms with Gasteiger partial charge in [0.2, 0.25) is 5.75 Å². The van der Waals surface area contributed by atoms with E-state index in [0.717, 1.165) is 32.1 Å². The van der Waals surface area contributed by atoms with Crippen molar-refractivity contribution in [3.8, 4) is 5.75 Å². The van der Waals surface area contributed by atoms with E-state index in [-0.39, 0.29) is 28.5 Å². The minimum absolute atomic E-state index is 0.0794. The molecule has 0 atom stereocenters. The van der Waals surface area contributed by atoms with Crippen LogP contribution in [0.1, 0.15) is 49.4 Å². The summed E-state index contributed by atoms with van der Waals surface area (Å²) in [6.45, 7) is -0.453. The SMILES string of the molecule is O=C(COc1c(C=Nn2c(C3CCCCC3)nc3ccccc3c2=O)cccc1[N+](=O)[O-])Nc1ccccc1. The molecule has 10 heteroatoms. The number of carbonyl (C=O) groups is 1. The topological polar surface area (TPSA) is 129 Å². The quantitative estimate of drug-likeness (QED) is 0.190. The lowest BCUT2D eigenvalue weighted by atomic mass is 9.88. The summed E-state index contributed by atoms with van der Waals surface area (Å²) >= 11 is 0. The summed E-state index contributed by atoms with van der Waals surface area (Å²) < 4.78 is 6.95. The lowest BCUT2D eigenvalue weighted by Crippen LogP contribution is -2.25. The minimum atomic E-state index is -0.584. The number of nitro benzene ring substituents is 1. The number of nitro groups is 1. The lowest BCUT2D eigenvalue weighted by Gasteiger charge is -2.22. The summed E-state index contributed by atoms with van der Waals surface area (Å²) in [6.07, 6.45) is 6.39. The predicted molar refractivity (Wildman–Crippen MR) is 148 cm³/mol. The molecule has 1 fully saturated rings. The number of nitrogens with zero attached hydrogens (tertiary/aromatic N) is 4. The molecule has 10 nitrogen and oxygen atoms in total. The number of nitrogens with one attached hydrogen (secondary N) is 1. The van der Waals surface area contributed by atoms with Gasteiger partial charge in [-0.1, -0.05) is 55.7 Å². The van der Waals surface area contributed by atoms with Crippen LogP contribution in [0.15, 0.2) is 82.7 Å². The van der Waals surface area contributed by atoms with Crippen molar-refractivity contribution in [3.05, 3.63) is 105 Å². The number of carbonyl (C=O) groups excluding carboxylic acids is 1. The number of para-hydroxylation sites is 3. The van der Waals surface area contributed by atoms with Gasteiger partial charge in [-0.15, -0.1) is 0 Å². The van der Waals surface area contributed by atoms with E-state index in [1.807, 2.05) is 18.2 Å². The summed E-state index contributed by atoms with van der Waals surface area (Å²) in [5.41, 5.74) is 0.814. The Hall–Kier alpha value is -4.86. The second kappa shape index (κ2) is 11.7. The Bertz CT molecular complexity index is 1590. The molecular weight excluding hydrogens is 498 g/mol. The Kier molecular flexibility index (Phi) is 7.72. The molecular formula is C29H27N5O5. The highest BCUT2D eigenvalue weighted by Crippen LogP contribution is 2.32. The van der Waals surface area contributed by atoms with Gasteiger partial charge in [-0.2, -0.15) is 9.78 Å². The van der Waals surface area contributed by atoms with E-state index in [1.165, 1.54) is 23.0 Å². The third-order valence-electron chi connectivity index (χ3n) is 6.69. The van der Waals surface area contributed by atoms with E-state index in [4.69, 9.17) is 9.72 Å². The van der Waals surface area contributed by atoms with Gasteiger partial charge in [0.1, 0.15) is 5.82 Å². The molecule has 5 rings (SSSR count). The highest BCUT2D eigenvalue weighted by Gasteiger charge is 2.23. The fraction of sp³-hybridized carbons (Fsp3) is 0.241. The van der Waals surface area contributed by atoms with E-state index in [1.54, 1.807) is 42.5 Å². The zero-order chi connectivity index (χ0) is 27.2.